The first-order valence-corrected chi connectivity index (χ1v) is 6.27. The van der Waals surface area contributed by atoms with E-state index in [4.69, 9.17) is 5.73 Å². The third kappa shape index (κ3) is 4.07. The van der Waals surface area contributed by atoms with Gasteiger partial charge in [0, 0.05) is 17.1 Å². The predicted octanol–water partition coefficient (Wildman–Crippen LogP) is 0.895. The third-order valence-corrected chi connectivity index (χ3v) is 3.23. The Kier molecular flexibility index (Phi) is 4.96. The van der Waals surface area contributed by atoms with Gasteiger partial charge in [-0.15, -0.1) is 11.3 Å². The highest BCUT2D eigenvalue weighted by atomic mass is 32.1. The lowest BCUT2D eigenvalue weighted by atomic mass is 10.3. The molecule has 5 nitrogen and oxygen atoms in total. The van der Waals surface area contributed by atoms with Gasteiger partial charge < -0.3 is 16.4 Å². The number of hydrogen-bond donors (Lipinski definition) is 3. The lowest BCUT2D eigenvalue weighted by Crippen LogP contribution is -2.36. The van der Waals surface area contributed by atoms with Crippen LogP contribution < -0.4 is 16.4 Å². The van der Waals surface area contributed by atoms with Crippen molar-refractivity contribution in [1.29, 1.82) is 0 Å². The van der Waals surface area contributed by atoms with Gasteiger partial charge in [-0.1, -0.05) is 6.92 Å². The SMILES string of the molecule is CCCNC(=O)CNC(=O)c1cc(N)c(C)s1. The first-order chi connectivity index (χ1) is 8.04. The molecule has 0 spiro atoms. The van der Waals surface area contributed by atoms with Crippen LogP contribution in [0.25, 0.3) is 0 Å². The number of nitrogens with two attached hydrogens (primary N) is 1. The normalized spacial score (nSPS) is 10.0. The molecule has 0 saturated carbocycles. The summed E-state index contributed by atoms with van der Waals surface area (Å²) in [5.74, 6) is -0.442. The Morgan fingerprint density at radius 1 is 1.41 bits per heavy atom. The zero-order valence-electron chi connectivity index (χ0n) is 10.0. The molecule has 1 heterocycles. The molecule has 0 aliphatic carbocycles. The maximum absolute atomic E-state index is 11.7. The quantitative estimate of drug-likeness (QED) is 0.730. The zero-order chi connectivity index (χ0) is 12.8. The van der Waals surface area contributed by atoms with Crippen molar-refractivity contribution in [2.45, 2.75) is 20.3 Å². The fourth-order valence-electron chi connectivity index (χ4n) is 1.18. The summed E-state index contributed by atoms with van der Waals surface area (Å²) in [5.41, 5.74) is 6.26. The van der Waals surface area contributed by atoms with E-state index in [1.165, 1.54) is 11.3 Å². The van der Waals surface area contributed by atoms with Crippen molar-refractivity contribution in [1.82, 2.24) is 10.6 Å². The molecule has 0 radical (unpaired) electrons. The molecule has 0 unspecified atom stereocenters. The molecule has 1 rings (SSSR count). The molecular formula is C11H17N3O2S. The van der Waals surface area contributed by atoms with Crippen molar-refractivity contribution in [3.8, 4) is 0 Å². The lowest BCUT2D eigenvalue weighted by Gasteiger charge is -2.04. The van der Waals surface area contributed by atoms with Crippen molar-refractivity contribution >= 4 is 28.8 Å². The Morgan fingerprint density at radius 2 is 2.12 bits per heavy atom. The maximum atomic E-state index is 11.7. The number of nitrogens with one attached hydrogen (secondary N) is 2. The second-order valence-corrected chi connectivity index (χ2v) is 4.91. The molecule has 0 atom stereocenters. The average molecular weight is 255 g/mol. The molecule has 0 aliphatic heterocycles. The second-order valence-electron chi connectivity index (χ2n) is 3.65. The summed E-state index contributed by atoms with van der Waals surface area (Å²) in [6.07, 6.45) is 0.875. The third-order valence-electron chi connectivity index (χ3n) is 2.16. The van der Waals surface area contributed by atoms with Gasteiger partial charge in [0.25, 0.3) is 5.91 Å². The van der Waals surface area contributed by atoms with E-state index in [1.807, 2.05) is 13.8 Å². The molecule has 4 N–H and O–H groups in total. The number of thiophene rings is 1. The predicted molar refractivity (Wildman–Crippen MR) is 69.1 cm³/mol. The van der Waals surface area contributed by atoms with Crippen LogP contribution in [0.5, 0.6) is 0 Å². The minimum Gasteiger partial charge on any atom is -0.398 e. The Labute approximate surface area is 104 Å². The van der Waals surface area contributed by atoms with Gasteiger partial charge in [0.1, 0.15) is 0 Å². The molecule has 1 aromatic rings. The Bertz CT molecular complexity index is 395. The second kappa shape index (κ2) is 6.24. The van der Waals surface area contributed by atoms with Gasteiger partial charge >= 0.3 is 0 Å². The number of carbonyl (C=O) groups is 2. The smallest absolute Gasteiger partial charge is 0.261 e. The molecule has 94 valence electrons. The standard InChI is InChI=1S/C11H17N3O2S/c1-3-4-13-10(15)6-14-11(16)9-5-8(12)7(2)17-9/h5H,3-4,6,12H2,1-2H3,(H,13,15)(H,14,16). The maximum Gasteiger partial charge on any atom is 0.261 e. The number of hydrogen-bond acceptors (Lipinski definition) is 4. The molecule has 0 aromatic carbocycles. The number of aryl methyl sites for hydroxylation is 1. The zero-order valence-corrected chi connectivity index (χ0v) is 10.8. The molecule has 0 saturated heterocycles. The van der Waals surface area contributed by atoms with Crippen LogP contribution in [0.2, 0.25) is 0 Å². The summed E-state index contributed by atoms with van der Waals surface area (Å²) in [6, 6.07) is 1.62. The van der Waals surface area contributed by atoms with Crippen molar-refractivity contribution in [2.75, 3.05) is 18.8 Å². The summed E-state index contributed by atoms with van der Waals surface area (Å²) >= 11 is 1.32. The number of nitrogen functional groups attached to an aromatic ring is 1. The van der Waals surface area contributed by atoms with Crippen LogP contribution in [-0.4, -0.2) is 24.9 Å². The van der Waals surface area contributed by atoms with E-state index >= 15 is 0 Å². The summed E-state index contributed by atoms with van der Waals surface area (Å²) in [5, 5.41) is 5.23. The van der Waals surface area contributed by atoms with Crippen LogP contribution >= 0.6 is 11.3 Å². The van der Waals surface area contributed by atoms with Gasteiger partial charge in [-0.2, -0.15) is 0 Å². The molecule has 1 aromatic heterocycles. The number of rotatable bonds is 5. The van der Waals surface area contributed by atoms with E-state index in [1.54, 1.807) is 6.07 Å². The largest absolute Gasteiger partial charge is 0.398 e. The Morgan fingerprint density at radius 3 is 2.65 bits per heavy atom. The molecule has 0 bridgehead atoms. The summed E-state index contributed by atoms with van der Waals surface area (Å²) in [4.78, 5) is 24.4. The van der Waals surface area contributed by atoms with E-state index in [2.05, 4.69) is 10.6 Å². The van der Waals surface area contributed by atoms with Crippen molar-refractivity contribution < 1.29 is 9.59 Å². The van der Waals surface area contributed by atoms with E-state index < -0.39 is 0 Å². The molecule has 0 fully saturated rings. The average Bonchev–Trinajstić information content (AvgIpc) is 2.64. The van der Waals surface area contributed by atoms with Gasteiger partial charge in [0.15, 0.2) is 0 Å². The fraction of sp³-hybridized carbons (Fsp3) is 0.455. The van der Waals surface area contributed by atoms with E-state index in [-0.39, 0.29) is 18.4 Å². The highest BCUT2D eigenvalue weighted by Gasteiger charge is 2.11. The molecule has 6 heteroatoms. The van der Waals surface area contributed by atoms with Crippen LogP contribution in [0.1, 0.15) is 27.9 Å². The monoisotopic (exact) mass is 255 g/mol. The Hall–Kier alpha value is -1.56. The van der Waals surface area contributed by atoms with Crippen LogP contribution in [0.15, 0.2) is 6.07 Å². The first kappa shape index (κ1) is 13.5. The van der Waals surface area contributed by atoms with Crippen molar-refractivity contribution in [2.24, 2.45) is 0 Å². The topological polar surface area (TPSA) is 84.2 Å². The van der Waals surface area contributed by atoms with Gasteiger partial charge in [0.05, 0.1) is 11.4 Å². The number of anilines is 1. The fourth-order valence-corrected chi connectivity index (χ4v) is 2.04. The number of carbonyl (C=O) groups excluding carboxylic acids is 2. The van der Waals surface area contributed by atoms with E-state index in [9.17, 15) is 9.59 Å². The minimum absolute atomic E-state index is 0.00428. The highest BCUT2D eigenvalue weighted by Crippen LogP contribution is 2.22. The molecule has 2 amide bonds. The summed E-state index contributed by atoms with van der Waals surface area (Å²) in [7, 11) is 0. The van der Waals surface area contributed by atoms with E-state index in [0.717, 1.165) is 11.3 Å². The van der Waals surface area contributed by atoms with Crippen LogP contribution in [0.3, 0.4) is 0 Å². The molecule has 17 heavy (non-hydrogen) atoms. The summed E-state index contributed by atoms with van der Waals surface area (Å²) in [6.45, 7) is 4.44. The van der Waals surface area contributed by atoms with Crippen molar-refractivity contribution in [3.05, 3.63) is 15.8 Å². The molecular weight excluding hydrogens is 238 g/mol. The van der Waals surface area contributed by atoms with Gasteiger partial charge in [-0.05, 0) is 19.4 Å². The molecule has 0 aliphatic rings. The first-order valence-electron chi connectivity index (χ1n) is 5.45. The van der Waals surface area contributed by atoms with Crippen LogP contribution in [-0.2, 0) is 4.79 Å². The van der Waals surface area contributed by atoms with Gasteiger partial charge in [0.2, 0.25) is 5.91 Å². The lowest BCUT2D eigenvalue weighted by molar-refractivity contribution is -0.120. The summed E-state index contributed by atoms with van der Waals surface area (Å²) < 4.78 is 0. The number of amides is 2. The highest BCUT2D eigenvalue weighted by molar-refractivity contribution is 7.14. The Balaban J connectivity index is 2.42. The van der Waals surface area contributed by atoms with Crippen LogP contribution in [0.4, 0.5) is 5.69 Å². The van der Waals surface area contributed by atoms with E-state index in [0.29, 0.717) is 17.1 Å². The minimum atomic E-state index is -0.263. The van der Waals surface area contributed by atoms with Gasteiger partial charge in [-0.3, -0.25) is 9.59 Å². The van der Waals surface area contributed by atoms with Crippen LogP contribution in [0, 0.1) is 6.92 Å². The van der Waals surface area contributed by atoms with Crippen molar-refractivity contribution in [3.63, 3.8) is 0 Å². The van der Waals surface area contributed by atoms with Gasteiger partial charge in [-0.25, -0.2) is 0 Å².